The van der Waals surface area contributed by atoms with Crippen molar-refractivity contribution >= 4 is 28.5 Å². The van der Waals surface area contributed by atoms with E-state index >= 15 is 0 Å². The summed E-state index contributed by atoms with van der Waals surface area (Å²) >= 11 is -0.0368. The van der Waals surface area contributed by atoms with Gasteiger partial charge >= 0.3 is 5.51 Å². The molecule has 1 N–H and O–H groups in total. The van der Waals surface area contributed by atoms with Crippen molar-refractivity contribution in [3.05, 3.63) is 72.1 Å². The molecule has 1 heterocycles. The molecule has 0 radical (unpaired) electrons. The Morgan fingerprint density at radius 1 is 1.00 bits per heavy atom. The monoisotopic (exact) mass is 514 g/mol. The van der Waals surface area contributed by atoms with E-state index in [1.165, 1.54) is 6.07 Å². The van der Waals surface area contributed by atoms with Crippen LogP contribution in [-0.2, 0) is 13.0 Å². The van der Waals surface area contributed by atoms with Crippen LogP contribution >= 0.6 is 11.8 Å². The standard InChI is InChI=1S/C28H33F3N4S/c1-35(2)27-23-10-4-5-11-24(23)33-26(34-27)13-7-8-20-14-16-21(17-15-20)18-32-19-22-9-3-6-12-25(22)36-28(29,30)31/h3-12,20-21,32H,13-19H2,1-2H3/b8-7+. The van der Waals surface area contributed by atoms with Gasteiger partial charge in [0.1, 0.15) is 11.6 Å². The third kappa shape index (κ3) is 7.46. The predicted octanol–water partition coefficient (Wildman–Crippen LogP) is 7.00. The van der Waals surface area contributed by atoms with Gasteiger partial charge in [0.15, 0.2) is 0 Å². The third-order valence-corrected chi connectivity index (χ3v) is 7.45. The Balaban J connectivity index is 1.23. The van der Waals surface area contributed by atoms with Crippen LogP contribution in [0.3, 0.4) is 0 Å². The van der Waals surface area contributed by atoms with E-state index in [4.69, 9.17) is 9.97 Å². The summed E-state index contributed by atoms with van der Waals surface area (Å²) in [6.07, 6.45) is 9.72. The van der Waals surface area contributed by atoms with Crippen LogP contribution in [0.15, 0.2) is 65.6 Å². The number of para-hydroxylation sites is 1. The van der Waals surface area contributed by atoms with Crippen LogP contribution in [0.1, 0.15) is 37.1 Å². The third-order valence-electron chi connectivity index (χ3n) is 6.60. The summed E-state index contributed by atoms with van der Waals surface area (Å²) in [5.74, 6) is 2.88. The van der Waals surface area contributed by atoms with Crippen molar-refractivity contribution in [1.82, 2.24) is 15.3 Å². The lowest BCUT2D eigenvalue weighted by Crippen LogP contribution is -2.26. The van der Waals surface area contributed by atoms with Crippen LogP contribution in [0.4, 0.5) is 19.0 Å². The highest BCUT2D eigenvalue weighted by Crippen LogP contribution is 2.38. The molecule has 4 rings (SSSR count). The molecule has 8 heteroatoms. The molecule has 0 aliphatic heterocycles. The van der Waals surface area contributed by atoms with E-state index in [0.29, 0.717) is 30.4 Å². The topological polar surface area (TPSA) is 41.1 Å². The Bertz CT molecular complexity index is 1170. The molecule has 0 amide bonds. The van der Waals surface area contributed by atoms with Gasteiger partial charge in [0.25, 0.3) is 0 Å². The minimum absolute atomic E-state index is 0.0368. The number of allylic oxidation sites excluding steroid dienone is 2. The Morgan fingerprint density at radius 3 is 2.47 bits per heavy atom. The lowest BCUT2D eigenvalue weighted by atomic mass is 9.81. The van der Waals surface area contributed by atoms with Crippen molar-refractivity contribution in [3.63, 3.8) is 0 Å². The van der Waals surface area contributed by atoms with E-state index in [1.807, 2.05) is 37.2 Å². The Kier molecular flexibility index (Phi) is 8.90. The van der Waals surface area contributed by atoms with Crippen LogP contribution < -0.4 is 10.2 Å². The molecule has 2 aromatic carbocycles. The maximum Gasteiger partial charge on any atom is 0.446 e. The second kappa shape index (κ2) is 12.1. The fraction of sp³-hybridized carbons (Fsp3) is 0.429. The normalized spacial score (nSPS) is 18.7. The molecule has 0 unspecified atom stereocenters. The smallest absolute Gasteiger partial charge is 0.362 e. The lowest BCUT2D eigenvalue weighted by Gasteiger charge is -2.27. The molecule has 0 spiro atoms. The number of fused-ring (bicyclic) bond motifs is 1. The molecule has 1 fully saturated rings. The molecule has 0 bridgehead atoms. The first-order chi connectivity index (χ1) is 17.3. The van der Waals surface area contributed by atoms with Crippen molar-refractivity contribution in [1.29, 1.82) is 0 Å². The molecule has 0 saturated heterocycles. The van der Waals surface area contributed by atoms with Gasteiger partial charge in [-0.3, -0.25) is 0 Å². The first kappa shape index (κ1) is 26.5. The van der Waals surface area contributed by atoms with Crippen LogP contribution in [0.2, 0.25) is 0 Å². The second-order valence-electron chi connectivity index (χ2n) is 9.57. The lowest BCUT2D eigenvalue weighted by molar-refractivity contribution is -0.0328. The average Bonchev–Trinajstić information content (AvgIpc) is 2.84. The van der Waals surface area contributed by atoms with E-state index in [1.54, 1.807) is 18.2 Å². The highest BCUT2D eigenvalue weighted by Gasteiger charge is 2.30. The molecule has 36 heavy (non-hydrogen) atoms. The number of alkyl halides is 3. The second-order valence-corrected chi connectivity index (χ2v) is 10.7. The summed E-state index contributed by atoms with van der Waals surface area (Å²) in [6, 6.07) is 14.8. The number of thioether (sulfide) groups is 1. The predicted molar refractivity (Wildman–Crippen MR) is 142 cm³/mol. The number of benzene rings is 2. The van der Waals surface area contributed by atoms with Crippen molar-refractivity contribution in [2.24, 2.45) is 11.8 Å². The molecule has 1 saturated carbocycles. The van der Waals surface area contributed by atoms with Gasteiger partial charge in [-0.15, -0.1) is 0 Å². The molecule has 1 aromatic heterocycles. The number of nitrogens with one attached hydrogen (secondary N) is 1. The number of hydrogen-bond acceptors (Lipinski definition) is 5. The van der Waals surface area contributed by atoms with E-state index in [2.05, 4.69) is 23.5 Å². The maximum atomic E-state index is 12.8. The molecule has 3 aromatic rings. The Labute approximate surface area is 215 Å². The van der Waals surface area contributed by atoms with Crippen molar-refractivity contribution in [3.8, 4) is 0 Å². The number of hydrogen-bond donors (Lipinski definition) is 1. The fourth-order valence-corrected chi connectivity index (χ4v) is 5.44. The van der Waals surface area contributed by atoms with Crippen LogP contribution in [0.25, 0.3) is 10.9 Å². The largest absolute Gasteiger partial charge is 0.446 e. The highest BCUT2D eigenvalue weighted by molar-refractivity contribution is 8.00. The minimum atomic E-state index is -4.27. The van der Waals surface area contributed by atoms with Gasteiger partial charge in [-0.2, -0.15) is 13.2 Å². The number of rotatable bonds is 9. The van der Waals surface area contributed by atoms with Gasteiger partial charge in [0, 0.05) is 37.3 Å². The molecule has 0 atom stereocenters. The summed E-state index contributed by atoms with van der Waals surface area (Å²) in [4.78, 5) is 11.8. The molecule has 1 aliphatic carbocycles. The van der Waals surface area contributed by atoms with Crippen molar-refractivity contribution in [2.75, 3.05) is 25.5 Å². The van der Waals surface area contributed by atoms with Crippen LogP contribution in [0, 0.1) is 11.8 Å². The van der Waals surface area contributed by atoms with Crippen molar-refractivity contribution < 1.29 is 13.2 Å². The summed E-state index contributed by atoms with van der Waals surface area (Å²) < 4.78 is 38.4. The van der Waals surface area contributed by atoms with Gasteiger partial charge in [0.05, 0.1) is 5.52 Å². The Morgan fingerprint density at radius 2 is 1.72 bits per heavy atom. The average molecular weight is 515 g/mol. The minimum Gasteiger partial charge on any atom is -0.362 e. The summed E-state index contributed by atoms with van der Waals surface area (Å²) in [6.45, 7) is 1.29. The quantitative estimate of drug-likeness (QED) is 0.246. The van der Waals surface area contributed by atoms with E-state index in [-0.39, 0.29) is 16.7 Å². The van der Waals surface area contributed by atoms with Gasteiger partial charge in [-0.05, 0) is 79.6 Å². The highest BCUT2D eigenvalue weighted by atomic mass is 32.2. The van der Waals surface area contributed by atoms with Gasteiger partial charge in [-0.1, -0.05) is 42.5 Å². The Hall–Kier alpha value is -2.58. The zero-order valence-electron chi connectivity index (χ0n) is 20.8. The number of aromatic nitrogens is 2. The molecule has 4 nitrogen and oxygen atoms in total. The van der Waals surface area contributed by atoms with Crippen LogP contribution in [0.5, 0.6) is 0 Å². The van der Waals surface area contributed by atoms with Crippen molar-refractivity contribution in [2.45, 2.75) is 49.1 Å². The molecular formula is C28H33F3N4S. The summed E-state index contributed by atoms with van der Waals surface area (Å²) in [5, 5.41) is 4.45. The van der Waals surface area contributed by atoms with Gasteiger partial charge in [0.2, 0.25) is 0 Å². The molecule has 192 valence electrons. The molecule has 1 aliphatic rings. The van der Waals surface area contributed by atoms with Gasteiger partial charge < -0.3 is 10.2 Å². The number of halogens is 3. The fourth-order valence-electron chi connectivity index (χ4n) is 4.77. The SMILES string of the molecule is CN(C)c1nc(C/C=C/C2CCC(CNCc3ccccc3SC(F)(F)F)CC2)nc2ccccc12. The van der Waals surface area contributed by atoms with Crippen LogP contribution in [-0.4, -0.2) is 36.1 Å². The molecular weight excluding hydrogens is 481 g/mol. The number of anilines is 1. The van der Waals surface area contributed by atoms with E-state index in [9.17, 15) is 13.2 Å². The zero-order chi connectivity index (χ0) is 25.5. The maximum absolute atomic E-state index is 12.8. The number of nitrogens with zero attached hydrogens (tertiary/aromatic N) is 3. The van der Waals surface area contributed by atoms with Gasteiger partial charge in [-0.25, -0.2) is 9.97 Å². The first-order valence-electron chi connectivity index (χ1n) is 12.4. The van der Waals surface area contributed by atoms with E-state index in [0.717, 1.165) is 54.8 Å². The first-order valence-corrected chi connectivity index (χ1v) is 13.2. The summed E-state index contributed by atoms with van der Waals surface area (Å²) in [7, 11) is 4.00. The zero-order valence-corrected chi connectivity index (χ0v) is 21.6. The van der Waals surface area contributed by atoms with E-state index < -0.39 is 5.51 Å². The summed E-state index contributed by atoms with van der Waals surface area (Å²) in [5.41, 5.74) is -2.60.